The average Bonchev–Trinajstić information content (AvgIpc) is 2.47. The van der Waals surface area contributed by atoms with Crippen LogP contribution in [0.25, 0.3) is 0 Å². The van der Waals surface area contributed by atoms with E-state index in [-0.39, 0.29) is 5.82 Å². The molecule has 2 aromatic carbocycles. The van der Waals surface area contributed by atoms with E-state index in [4.69, 9.17) is 0 Å². The van der Waals surface area contributed by atoms with E-state index in [0.717, 1.165) is 31.6 Å². The molecule has 1 aliphatic heterocycles. The topological polar surface area (TPSA) is 3.24 Å². The van der Waals surface area contributed by atoms with Gasteiger partial charge >= 0.3 is 0 Å². The molecule has 1 unspecified atom stereocenters. The highest BCUT2D eigenvalue weighted by atomic mass is 19.1. The minimum absolute atomic E-state index is 0.145. The molecular formula is C18H19FN. The van der Waals surface area contributed by atoms with Gasteiger partial charge < -0.3 is 0 Å². The van der Waals surface area contributed by atoms with Crippen molar-refractivity contribution in [3.63, 3.8) is 0 Å². The zero-order valence-electron chi connectivity index (χ0n) is 11.8. The summed E-state index contributed by atoms with van der Waals surface area (Å²) in [5, 5.41) is 0. The van der Waals surface area contributed by atoms with Gasteiger partial charge in [0.25, 0.3) is 0 Å². The molecule has 20 heavy (non-hydrogen) atoms. The quantitative estimate of drug-likeness (QED) is 0.818. The van der Waals surface area contributed by atoms with Crippen LogP contribution in [-0.2, 0) is 13.0 Å². The first-order chi connectivity index (χ1) is 9.72. The Balaban J connectivity index is 1.67. The third-order valence-corrected chi connectivity index (χ3v) is 4.09. The van der Waals surface area contributed by atoms with Gasteiger partial charge in [0.1, 0.15) is 5.82 Å². The summed E-state index contributed by atoms with van der Waals surface area (Å²) in [5.74, 6) is 0.202. The number of nitrogens with zero attached hydrogens (tertiary/aromatic N) is 1. The number of benzene rings is 2. The highest BCUT2D eigenvalue weighted by Crippen LogP contribution is 2.23. The van der Waals surface area contributed by atoms with Crippen LogP contribution in [0, 0.1) is 11.9 Å². The summed E-state index contributed by atoms with van der Waals surface area (Å²) in [5.41, 5.74) is 3.90. The molecule has 2 heteroatoms. The molecule has 1 heterocycles. The van der Waals surface area contributed by atoms with Crippen LogP contribution in [0.3, 0.4) is 0 Å². The van der Waals surface area contributed by atoms with Crippen molar-refractivity contribution in [1.29, 1.82) is 0 Å². The number of rotatable bonds is 3. The summed E-state index contributed by atoms with van der Waals surface area (Å²) in [6.45, 7) is 5.20. The molecule has 2 aromatic rings. The lowest BCUT2D eigenvalue weighted by atomic mass is 9.96. The fourth-order valence-electron chi connectivity index (χ4n) is 2.95. The summed E-state index contributed by atoms with van der Waals surface area (Å²) in [7, 11) is 0. The van der Waals surface area contributed by atoms with Gasteiger partial charge in [-0.15, -0.1) is 0 Å². The molecule has 0 spiro atoms. The minimum Gasteiger partial charge on any atom is -0.298 e. The van der Waals surface area contributed by atoms with E-state index in [1.165, 1.54) is 17.2 Å². The molecule has 0 fully saturated rings. The normalized spacial score (nSPS) is 16.7. The van der Waals surface area contributed by atoms with Crippen LogP contribution in [-0.4, -0.2) is 18.0 Å². The monoisotopic (exact) mass is 268 g/mol. The van der Waals surface area contributed by atoms with E-state index in [2.05, 4.69) is 30.0 Å². The van der Waals surface area contributed by atoms with Crippen LogP contribution in [0.1, 0.15) is 29.5 Å². The van der Waals surface area contributed by atoms with Crippen molar-refractivity contribution in [2.24, 2.45) is 0 Å². The van der Waals surface area contributed by atoms with Crippen LogP contribution in [0.15, 0.2) is 42.5 Å². The van der Waals surface area contributed by atoms with E-state index in [0.29, 0.717) is 5.92 Å². The van der Waals surface area contributed by atoms with Crippen LogP contribution >= 0.6 is 0 Å². The van der Waals surface area contributed by atoms with Gasteiger partial charge in [0.2, 0.25) is 0 Å². The second kappa shape index (κ2) is 5.76. The summed E-state index contributed by atoms with van der Waals surface area (Å²) < 4.78 is 13.3. The smallest absolute Gasteiger partial charge is 0.123 e. The molecule has 3 rings (SSSR count). The Hall–Kier alpha value is -1.67. The lowest BCUT2D eigenvalue weighted by Gasteiger charge is -2.31. The summed E-state index contributed by atoms with van der Waals surface area (Å²) in [6, 6.07) is 16.4. The van der Waals surface area contributed by atoms with Gasteiger partial charge in [-0.2, -0.15) is 0 Å². The van der Waals surface area contributed by atoms with Crippen molar-refractivity contribution < 1.29 is 4.39 Å². The fourth-order valence-corrected chi connectivity index (χ4v) is 2.95. The van der Waals surface area contributed by atoms with E-state index >= 15 is 0 Å². The van der Waals surface area contributed by atoms with Gasteiger partial charge in [-0.3, -0.25) is 4.90 Å². The van der Waals surface area contributed by atoms with Gasteiger partial charge in [0, 0.05) is 19.6 Å². The van der Waals surface area contributed by atoms with Crippen LogP contribution < -0.4 is 0 Å². The van der Waals surface area contributed by atoms with Crippen molar-refractivity contribution in [2.75, 3.05) is 13.1 Å². The molecule has 0 saturated carbocycles. The second-order valence-corrected chi connectivity index (χ2v) is 5.64. The fraction of sp³-hybridized carbons (Fsp3) is 0.333. The maximum absolute atomic E-state index is 13.3. The molecule has 0 N–H and O–H groups in total. The molecule has 0 aromatic heterocycles. The highest BCUT2D eigenvalue weighted by Gasteiger charge is 2.18. The molecule has 1 aliphatic rings. The summed E-state index contributed by atoms with van der Waals surface area (Å²) in [6.07, 6.45) is 1.10. The zero-order valence-corrected chi connectivity index (χ0v) is 11.8. The minimum atomic E-state index is -0.145. The molecule has 0 saturated heterocycles. The van der Waals surface area contributed by atoms with Gasteiger partial charge in [0.05, 0.1) is 0 Å². The average molecular weight is 268 g/mol. The molecule has 1 radical (unpaired) electrons. The standard InChI is InChI=1S/C18H19FN/c1-14(16-7-4-8-18(19)11-16)12-20-10-9-15-5-2-3-6-17(15)13-20/h2,4-8,11,14H,9-10,12-13H2,1H3. The Morgan fingerprint density at radius 1 is 1.30 bits per heavy atom. The molecule has 0 amide bonds. The first-order valence-electron chi connectivity index (χ1n) is 7.18. The largest absolute Gasteiger partial charge is 0.298 e. The van der Waals surface area contributed by atoms with Crippen molar-refractivity contribution in [3.8, 4) is 0 Å². The third kappa shape index (κ3) is 2.91. The number of halogens is 1. The predicted octanol–water partition coefficient (Wildman–Crippen LogP) is 3.79. The molecule has 0 aliphatic carbocycles. The van der Waals surface area contributed by atoms with E-state index in [1.54, 1.807) is 12.1 Å². The van der Waals surface area contributed by atoms with Crippen molar-refractivity contribution in [1.82, 2.24) is 4.90 Å². The maximum atomic E-state index is 13.3. The Labute approximate surface area is 120 Å². The van der Waals surface area contributed by atoms with E-state index in [9.17, 15) is 4.39 Å². The van der Waals surface area contributed by atoms with Crippen LogP contribution in [0.2, 0.25) is 0 Å². The Morgan fingerprint density at radius 3 is 3.05 bits per heavy atom. The van der Waals surface area contributed by atoms with Gasteiger partial charge in [0.15, 0.2) is 0 Å². The first kappa shape index (κ1) is 13.3. The number of hydrogen-bond donors (Lipinski definition) is 0. The lowest BCUT2D eigenvalue weighted by molar-refractivity contribution is 0.242. The molecule has 1 nitrogen and oxygen atoms in total. The lowest BCUT2D eigenvalue weighted by Crippen LogP contribution is -2.33. The van der Waals surface area contributed by atoms with Gasteiger partial charge in [-0.25, -0.2) is 4.39 Å². The molecular weight excluding hydrogens is 249 g/mol. The van der Waals surface area contributed by atoms with Crippen LogP contribution in [0.5, 0.6) is 0 Å². The van der Waals surface area contributed by atoms with E-state index in [1.807, 2.05) is 12.1 Å². The van der Waals surface area contributed by atoms with Gasteiger partial charge in [-0.1, -0.05) is 31.2 Å². The van der Waals surface area contributed by atoms with Gasteiger partial charge in [-0.05, 0) is 53.3 Å². The zero-order chi connectivity index (χ0) is 13.9. The Kier molecular flexibility index (Phi) is 3.83. The maximum Gasteiger partial charge on any atom is 0.123 e. The Bertz CT molecular complexity index is 593. The predicted molar refractivity (Wildman–Crippen MR) is 79.1 cm³/mol. The van der Waals surface area contributed by atoms with E-state index < -0.39 is 0 Å². The second-order valence-electron chi connectivity index (χ2n) is 5.64. The first-order valence-corrected chi connectivity index (χ1v) is 7.18. The van der Waals surface area contributed by atoms with Crippen molar-refractivity contribution >= 4 is 0 Å². The Morgan fingerprint density at radius 2 is 2.20 bits per heavy atom. The summed E-state index contributed by atoms with van der Waals surface area (Å²) in [4.78, 5) is 2.45. The SMILES string of the molecule is CC(CN1CCc2cc[c]cc2C1)c1cccc(F)c1. The third-order valence-electron chi connectivity index (χ3n) is 4.09. The molecule has 0 bridgehead atoms. The highest BCUT2D eigenvalue weighted by molar-refractivity contribution is 5.29. The molecule has 1 atom stereocenters. The summed E-state index contributed by atoms with van der Waals surface area (Å²) >= 11 is 0. The molecule has 103 valence electrons. The van der Waals surface area contributed by atoms with Crippen molar-refractivity contribution in [3.05, 3.63) is 71.0 Å². The van der Waals surface area contributed by atoms with Crippen LogP contribution in [0.4, 0.5) is 4.39 Å². The number of hydrogen-bond acceptors (Lipinski definition) is 1. The number of fused-ring (bicyclic) bond motifs is 1. The van der Waals surface area contributed by atoms with Crippen molar-refractivity contribution in [2.45, 2.75) is 25.8 Å².